The van der Waals surface area contributed by atoms with E-state index in [0.717, 1.165) is 15.8 Å². The Balaban J connectivity index is 0.00000324. The first-order chi connectivity index (χ1) is 15.9. The van der Waals surface area contributed by atoms with E-state index in [0.29, 0.717) is 35.2 Å². The van der Waals surface area contributed by atoms with Crippen molar-refractivity contribution in [2.24, 2.45) is 0 Å². The SMILES string of the molecule is Cc1ccc(Cl)c2sc(N(CCCn3ccnc3)C(=O)/C=C/c3ccc([N+](=O)[O-])cc3)nc12.Cl. The number of carbonyl (C=O) groups is 1. The maximum Gasteiger partial charge on any atom is 0.269 e. The molecule has 2 aromatic heterocycles. The van der Waals surface area contributed by atoms with Crippen LogP contribution in [0.4, 0.5) is 10.8 Å². The lowest BCUT2D eigenvalue weighted by Gasteiger charge is -2.18. The zero-order chi connectivity index (χ0) is 23.4. The van der Waals surface area contributed by atoms with Crippen molar-refractivity contribution in [2.75, 3.05) is 11.4 Å². The molecule has 1 amide bonds. The van der Waals surface area contributed by atoms with Crippen LogP contribution in [0.3, 0.4) is 0 Å². The molecule has 0 radical (unpaired) electrons. The molecular weight excluding hydrogens is 497 g/mol. The van der Waals surface area contributed by atoms with E-state index in [4.69, 9.17) is 16.6 Å². The zero-order valence-corrected chi connectivity index (χ0v) is 20.5. The number of nitro benzene ring substituents is 1. The lowest BCUT2D eigenvalue weighted by molar-refractivity contribution is -0.384. The molecule has 2 aromatic carbocycles. The molecule has 0 aliphatic rings. The van der Waals surface area contributed by atoms with E-state index in [-0.39, 0.29) is 24.0 Å². The number of aromatic nitrogens is 3. The lowest BCUT2D eigenvalue weighted by atomic mass is 10.2. The van der Waals surface area contributed by atoms with Crippen molar-refractivity contribution in [2.45, 2.75) is 19.9 Å². The van der Waals surface area contributed by atoms with Crippen LogP contribution in [-0.2, 0) is 11.3 Å². The fourth-order valence-corrected chi connectivity index (χ4v) is 4.65. The van der Waals surface area contributed by atoms with Gasteiger partial charge in [-0.2, -0.15) is 0 Å². The maximum atomic E-state index is 13.2. The van der Waals surface area contributed by atoms with E-state index in [2.05, 4.69) is 4.98 Å². The minimum Gasteiger partial charge on any atom is -0.337 e. The Labute approximate surface area is 211 Å². The van der Waals surface area contributed by atoms with Crippen LogP contribution in [-0.4, -0.2) is 31.9 Å². The van der Waals surface area contributed by atoms with Gasteiger partial charge >= 0.3 is 0 Å². The molecule has 0 fully saturated rings. The summed E-state index contributed by atoms with van der Waals surface area (Å²) >= 11 is 7.75. The van der Waals surface area contributed by atoms with Gasteiger partial charge in [-0.3, -0.25) is 19.8 Å². The molecule has 8 nitrogen and oxygen atoms in total. The van der Waals surface area contributed by atoms with Crippen LogP contribution >= 0.6 is 35.3 Å². The molecule has 0 saturated heterocycles. The van der Waals surface area contributed by atoms with Gasteiger partial charge in [0.05, 0.1) is 26.5 Å². The third-order valence-electron chi connectivity index (χ3n) is 5.06. The average Bonchev–Trinajstić information content (AvgIpc) is 3.49. The molecule has 34 heavy (non-hydrogen) atoms. The maximum absolute atomic E-state index is 13.2. The van der Waals surface area contributed by atoms with Gasteiger partial charge in [0.25, 0.3) is 11.6 Å². The molecule has 176 valence electrons. The standard InChI is InChI=1S/C23H20ClN5O3S.ClH/c1-16-3-9-19(24)22-21(16)26-23(33-22)28(13-2-12-27-14-11-25-15-27)20(30)10-6-17-4-7-18(8-5-17)29(31)32;/h3-11,14-15H,2,12-13H2,1H3;1H/b10-6+;. The predicted octanol–water partition coefficient (Wildman–Crippen LogP) is 5.92. The summed E-state index contributed by atoms with van der Waals surface area (Å²) in [6, 6.07) is 9.77. The first kappa shape index (κ1) is 25.4. The number of hydrogen-bond acceptors (Lipinski definition) is 6. The molecule has 0 atom stereocenters. The summed E-state index contributed by atoms with van der Waals surface area (Å²) < 4.78 is 2.80. The van der Waals surface area contributed by atoms with Crippen LogP contribution in [0.5, 0.6) is 0 Å². The summed E-state index contributed by atoms with van der Waals surface area (Å²) in [6.45, 7) is 3.13. The number of thiazole rings is 1. The molecule has 0 bridgehead atoms. The van der Waals surface area contributed by atoms with E-state index in [1.165, 1.54) is 29.5 Å². The van der Waals surface area contributed by atoms with Crippen molar-refractivity contribution < 1.29 is 9.72 Å². The van der Waals surface area contributed by atoms with Crippen molar-refractivity contribution >= 4 is 68.4 Å². The fraction of sp³-hybridized carbons (Fsp3) is 0.174. The highest BCUT2D eigenvalue weighted by molar-refractivity contribution is 7.23. The third kappa shape index (κ3) is 5.80. The predicted molar refractivity (Wildman–Crippen MR) is 138 cm³/mol. The number of anilines is 1. The van der Waals surface area contributed by atoms with E-state index in [9.17, 15) is 14.9 Å². The van der Waals surface area contributed by atoms with E-state index in [1.54, 1.807) is 35.6 Å². The van der Waals surface area contributed by atoms with Gasteiger partial charge in [-0.25, -0.2) is 9.97 Å². The minimum atomic E-state index is -0.457. The van der Waals surface area contributed by atoms with Crippen LogP contribution < -0.4 is 4.90 Å². The van der Waals surface area contributed by atoms with Crippen LogP contribution in [0.25, 0.3) is 16.3 Å². The summed E-state index contributed by atoms with van der Waals surface area (Å²) in [4.78, 5) is 33.9. The van der Waals surface area contributed by atoms with Gasteiger partial charge in [-0.15, -0.1) is 12.4 Å². The quantitative estimate of drug-likeness (QED) is 0.164. The average molecular weight is 518 g/mol. The highest BCUT2D eigenvalue weighted by Crippen LogP contribution is 2.35. The fourth-order valence-electron chi connectivity index (χ4n) is 3.30. The number of non-ortho nitro benzene ring substituents is 1. The topological polar surface area (TPSA) is 94.2 Å². The Morgan fingerprint density at radius 2 is 2.03 bits per heavy atom. The van der Waals surface area contributed by atoms with Gasteiger partial charge in [-0.1, -0.05) is 29.0 Å². The number of rotatable bonds is 8. The Bertz CT molecular complexity index is 1280. The normalized spacial score (nSPS) is 11.0. The van der Waals surface area contributed by atoms with Gasteiger partial charge in [-0.05, 0) is 48.7 Å². The van der Waals surface area contributed by atoms with E-state index in [1.807, 2.05) is 29.8 Å². The Kier molecular flexibility index (Phi) is 8.38. The van der Waals surface area contributed by atoms with Crippen molar-refractivity contribution in [1.29, 1.82) is 0 Å². The summed E-state index contributed by atoms with van der Waals surface area (Å²) in [6.07, 6.45) is 9.13. The van der Waals surface area contributed by atoms with Crippen molar-refractivity contribution in [3.05, 3.63) is 87.5 Å². The van der Waals surface area contributed by atoms with Gasteiger partial charge in [0.1, 0.15) is 0 Å². The summed E-state index contributed by atoms with van der Waals surface area (Å²) in [5.74, 6) is -0.230. The molecule has 0 spiro atoms. The van der Waals surface area contributed by atoms with E-state index < -0.39 is 4.92 Å². The molecule has 0 N–H and O–H groups in total. The minimum absolute atomic E-state index is 0. The van der Waals surface area contributed by atoms with Gasteiger partial charge in [0, 0.05) is 43.7 Å². The van der Waals surface area contributed by atoms with Gasteiger partial charge < -0.3 is 4.57 Å². The summed E-state index contributed by atoms with van der Waals surface area (Å²) in [5.41, 5.74) is 2.47. The van der Waals surface area contributed by atoms with Crippen LogP contribution in [0.1, 0.15) is 17.5 Å². The van der Waals surface area contributed by atoms with Crippen molar-refractivity contribution in [3.63, 3.8) is 0 Å². The van der Waals surface area contributed by atoms with E-state index >= 15 is 0 Å². The van der Waals surface area contributed by atoms with Crippen LogP contribution in [0.15, 0.2) is 61.2 Å². The summed E-state index contributed by atoms with van der Waals surface area (Å²) in [7, 11) is 0. The molecule has 0 aliphatic carbocycles. The smallest absolute Gasteiger partial charge is 0.269 e. The van der Waals surface area contributed by atoms with Crippen molar-refractivity contribution in [3.8, 4) is 0 Å². The molecule has 4 aromatic rings. The van der Waals surface area contributed by atoms with Crippen molar-refractivity contribution in [1.82, 2.24) is 14.5 Å². The number of aryl methyl sites for hydroxylation is 2. The first-order valence-corrected chi connectivity index (χ1v) is 11.4. The Morgan fingerprint density at radius 1 is 1.26 bits per heavy atom. The molecule has 0 aliphatic heterocycles. The number of imidazole rings is 1. The van der Waals surface area contributed by atoms with Crippen LogP contribution in [0.2, 0.25) is 5.02 Å². The Morgan fingerprint density at radius 3 is 2.68 bits per heavy atom. The van der Waals surface area contributed by atoms with Gasteiger partial charge in [0.2, 0.25) is 0 Å². The first-order valence-electron chi connectivity index (χ1n) is 10.2. The second-order valence-electron chi connectivity index (χ2n) is 7.36. The number of nitrogens with zero attached hydrogens (tertiary/aromatic N) is 5. The number of halogens is 2. The lowest BCUT2D eigenvalue weighted by Crippen LogP contribution is -2.30. The number of nitro groups is 1. The van der Waals surface area contributed by atoms with Gasteiger partial charge in [0.15, 0.2) is 5.13 Å². The second kappa shape index (κ2) is 11.2. The monoisotopic (exact) mass is 517 g/mol. The molecule has 11 heteroatoms. The Hall–Kier alpha value is -3.27. The largest absolute Gasteiger partial charge is 0.337 e. The van der Waals surface area contributed by atoms with Crippen LogP contribution in [0, 0.1) is 17.0 Å². The zero-order valence-electron chi connectivity index (χ0n) is 18.1. The summed E-state index contributed by atoms with van der Waals surface area (Å²) in [5, 5.41) is 12.0. The number of hydrogen-bond donors (Lipinski definition) is 0. The number of fused-ring (bicyclic) bond motifs is 1. The number of carbonyl (C=O) groups excluding carboxylic acids is 1. The molecule has 4 rings (SSSR count). The molecule has 2 heterocycles. The molecule has 0 unspecified atom stereocenters. The number of benzene rings is 2. The molecular formula is C23H21Cl2N5O3S. The highest BCUT2D eigenvalue weighted by atomic mass is 35.5. The highest BCUT2D eigenvalue weighted by Gasteiger charge is 2.19. The third-order valence-corrected chi connectivity index (χ3v) is 6.60. The second-order valence-corrected chi connectivity index (χ2v) is 8.75. The molecule has 0 saturated carbocycles. The number of amides is 1.